The average molecular weight is 361 g/mol. The second-order valence-corrected chi connectivity index (χ2v) is 6.22. The first-order chi connectivity index (χ1) is 12.4. The lowest BCUT2D eigenvalue weighted by atomic mass is 9.63. The SMILES string of the molecule is O=C(O)COc1ccc(NC(=O)C2(c3ccc(F)cc3F)CCC2)cc1. The van der Waals surface area contributed by atoms with Crippen molar-refractivity contribution < 1.29 is 28.2 Å². The van der Waals surface area contributed by atoms with Gasteiger partial charge in [0, 0.05) is 17.3 Å². The number of carbonyl (C=O) groups is 2. The van der Waals surface area contributed by atoms with E-state index in [1.165, 1.54) is 18.2 Å². The highest BCUT2D eigenvalue weighted by Crippen LogP contribution is 2.45. The van der Waals surface area contributed by atoms with Gasteiger partial charge in [-0.05, 0) is 43.2 Å². The minimum Gasteiger partial charge on any atom is -0.482 e. The number of hydrogen-bond donors (Lipinski definition) is 2. The van der Waals surface area contributed by atoms with Crippen molar-refractivity contribution in [2.75, 3.05) is 11.9 Å². The topological polar surface area (TPSA) is 75.6 Å². The summed E-state index contributed by atoms with van der Waals surface area (Å²) in [6.45, 7) is -0.460. The fraction of sp³-hybridized carbons (Fsp3) is 0.263. The highest BCUT2D eigenvalue weighted by Gasteiger charge is 2.47. The Kier molecular flexibility index (Phi) is 4.88. The predicted octanol–water partition coefficient (Wildman–Crippen LogP) is 3.49. The summed E-state index contributed by atoms with van der Waals surface area (Å²) in [5.41, 5.74) is -0.327. The molecule has 2 N–H and O–H groups in total. The van der Waals surface area contributed by atoms with Gasteiger partial charge in [0.15, 0.2) is 6.61 Å². The molecule has 1 aliphatic carbocycles. The quantitative estimate of drug-likeness (QED) is 0.826. The van der Waals surface area contributed by atoms with Crippen molar-refractivity contribution in [3.63, 3.8) is 0 Å². The van der Waals surface area contributed by atoms with Gasteiger partial charge in [-0.15, -0.1) is 0 Å². The smallest absolute Gasteiger partial charge is 0.341 e. The Labute approximate surface area is 148 Å². The van der Waals surface area contributed by atoms with Crippen LogP contribution in [0, 0.1) is 11.6 Å². The molecule has 2 aromatic carbocycles. The van der Waals surface area contributed by atoms with Crippen molar-refractivity contribution >= 4 is 17.6 Å². The van der Waals surface area contributed by atoms with E-state index in [0.717, 1.165) is 18.6 Å². The van der Waals surface area contributed by atoms with Crippen molar-refractivity contribution in [1.82, 2.24) is 0 Å². The van der Waals surface area contributed by atoms with Crippen LogP contribution in [-0.4, -0.2) is 23.6 Å². The monoisotopic (exact) mass is 361 g/mol. The van der Waals surface area contributed by atoms with Crippen LogP contribution in [0.1, 0.15) is 24.8 Å². The summed E-state index contributed by atoms with van der Waals surface area (Å²) in [5.74, 6) is -2.49. The molecule has 0 atom stereocenters. The van der Waals surface area contributed by atoms with E-state index in [-0.39, 0.29) is 11.5 Å². The molecular weight excluding hydrogens is 344 g/mol. The first-order valence-electron chi connectivity index (χ1n) is 8.12. The molecule has 0 radical (unpaired) electrons. The molecule has 0 bridgehead atoms. The van der Waals surface area contributed by atoms with Gasteiger partial charge in [0.25, 0.3) is 0 Å². The molecule has 1 aliphatic rings. The highest BCUT2D eigenvalue weighted by atomic mass is 19.1. The van der Waals surface area contributed by atoms with E-state index >= 15 is 0 Å². The number of hydrogen-bond acceptors (Lipinski definition) is 3. The van der Waals surface area contributed by atoms with Crippen molar-refractivity contribution in [1.29, 1.82) is 0 Å². The summed E-state index contributed by atoms with van der Waals surface area (Å²) < 4.78 is 32.4. The minimum atomic E-state index is -1.09. The van der Waals surface area contributed by atoms with Crippen molar-refractivity contribution in [2.45, 2.75) is 24.7 Å². The van der Waals surface area contributed by atoms with E-state index in [1.54, 1.807) is 12.1 Å². The van der Waals surface area contributed by atoms with Gasteiger partial charge in [0.1, 0.15) is 17.4 Å². The van der Waals surface area contributed by atoms with E-state index in [2.05, 4.69) is 5.32 Å². The molecule has 0 aliphatic heterocycles. The standard InChI is InChI=1S/C19H17F2NO4/c20-12-2-7-15(16(21)10-12)19(8-1-9-19)18(25)22-13-3-5-14(6-4-13)26-11-17(23)24/h2-7,10H,1,8-9,11H2,(H,22,25)(H,23,24). The Morgan fingerprint density at radius 2 is 1.81 bits per heavy atom. The molecule has 136 valence electrons. The zero-order valence-electron chi connectivity index (χ0n) is 13.8. The van der Waals surface area contributed by atoms with Gasteiger partial charge in [0.2, 0.25) is 5.91 Å². The summed E-state index contributed by atoms with van der Waals surface area (Å²) in [5, 5.41) is 11.3. The van der Waals surface area contributed by atoms with Gasteiger partial charge in [-0.3, -0.25) is 4.79 Å². The highest BCUT2D eigenvalue weighted by molar-refractivity contribution is 6.00. The van der Waals surface area contributed by atoms with Crippen LogP contribution in [0.5, 0.6) is 5.75 Å². The Hall–Kier alpha value is -2.96. The van der Waals surface area contributed by atoms with Crippen LogP contribution in [0.25, 0.3) is 0 Å². The zero-order valence-corrected chi connectivity index (χ0v) is 13.8. The summed E-state index contributed by atoms with van der Waals surface area (Å²) in [6, 6.07) is 9.48. The molecule has 0 spiro atoms. The summed E-state index contributed by atoms with van der Waals surface area (Å²) in [6.07, 6.45) is 1.76. The first-order valence-corrected chi connectivity index (χ1v) is 8.12. The molecule has 7 heteroatoms. The molecule has 0 unspecified atom stereocenters. The Balaban J connectivity index is 1.74. The third-order valence-electron chi connectivity index (χ3n) is 4.56. The van der Waals surface area contributed by atoms with Crippen LogP contribution in [0.15, 0.2) is 42.5 Å². The average Bonchev–Trinajstić information content (AvgIpc) is 2.55. The van der Waals surface area contributed by atoms with Gasteiger partial charge < -0.3 is 15.2 Å². The van der Waals surface area contributed by atoms with E-state index < -0.39 is 29.6 Å². The van der Waals surface area contributed by atoms with E-state index in [0.29, 0.717) is 24.3 Å². The molecular formula is C19H17F2NO4. The van der Waals surface area contributed by atoms with Crippen LogP contribution in [0.2, 0.25) is 0 Å². The minimum absolute atomic E-state index is 0.198. The van der Waals surface area contributed by atoms with Gasteiger partial charge in [-0.2, -0.15) is 0 Å². The molecule has 1 fully saturated rings. The molecule has 26 heavy (non-hydrogen) atoms. The third-order valence-corrected chi connectivity index (χ3v) is 4.56. The van der Waals surface area contributed by atoms with Crippen molar-refractivity contribution in [3.8, 4) is 5.75 Å². The number of benzene rings is 2. The molecule has 0 heterocycles. The molecule has 1 saturated carbocycles. The largest absolute Gasteiger partial charge is 0.482 e. The fourth-order valence-electron chi connectivity index (χ4n) is 3.06. The van der Waals surface area contributed by atoms with Gasteiger partial charge in [-0.1, -0.05) is 12.5 Å². The van der Waals surface area contributed by atoms with Crippen molar-refractivity contribution in [2.24, 2.45) is 0 Å². The van der Waals surface area contributed by atoms with Crippen LogP contribution in [0.4, 0.5) is 14.5 Å². The lowest BCUT2D eigenvalue weighted by molar-refractivity contribution is -0.139. The number of halogens is 2. The van der Waals surface area contributed by atoms with Gasteiger partial charge in [0.05, 0.1) is 5.41 Å². The van der Waals surface area contributed by atoms with E-state index in [4.69, 9.17) is 9.84 Å². The molecule has 0 saturated heterocycles. The van der Waals surface area contributed by atoms with E-state index in [9.17, 15) is 18.4 Å². The zero-order chi connectivity index (χ0) is 18.7. The second-order valence-electron chi connectivity index (χ2n) is 6.22. The lowest BCUT2D eigenvalue weighted by Gasteiger charge is -2.40. The fourth-order valence-corrected chi connectivity index (χ4v) is 3.06. The number of carboxylic acid groups (broad SMARTS) is 1. The third kappa shape index (κ3) is 3.51. The Morgan fingerprint density at radius 1 is 1.12 bits per heavy atom. The summed E-state index contributed by atoms with van der Waals surface area (Å²) in [7, 11) is 0. The lowest BCUT2D eigenvalue weighted by Crippen LogP contribution is -2.46. The molecule has 3 rings (SSSR count). The molecule has 0 aromatic heterocycles. The van der Waals surface area contributed by atoms with Gasteiger partial charge >= 0.3 is 5.97 Å². The van der Waals surface area contributed by atoms with Gasteiger partial charge in [-0.25, -0.2) is 13.6 Å². The Bertz CT molecular complexity index is 832. The number of anilines is 1. The number of nitrogens with one attached hydrogen (secondary N) is 1. The predicted molar refractivity (Wildman–Crippen MR) is 90.1 cm³/mol. The molecule has 2 aromatic rings. The van der Waals surface area contributed by atoms with Crippen LogP contribution in [-0.2, 0) is 15.0 Å². The summed E-state index contributed by atoms with van der Waals surface area (Å²) >= 11 is 0. The van der Waals surface area contributed by atoms with Crippen LogP contribution < -0.4 is 10.1 Å². The molecule has 1 amide bonds. The van der Waals surface area contributed by atoms with E-state index in [1.807, 2.05) is 0 Å². The maximum Gasteiger partial charge on any atom is 0.341 e. The first kappa shape index (κ1) is 17.8. The maximum absolute atomic E-state index is 14.2. The van der Waals surface area contributed by atoms with Crippen molar-refractivity contribution in [3.05, 3.63) is 59.7 Å². The number of aliphatic carboxylic acids is 1. The normalized spacial score (nSPS) is 15.0. The second kappa shape index (κ2) is 7.11. The number of rotatable bonds is 6. The van der Waals surface area contributed by atoms with Crippen LogP contribution >= 0.6 is 0 Å². The number of carbonyl (C=O) groups excluding carboxylic acids is 1. The van der Waals surface area contributed by atoms with Crippen LogP contribution in [0.3, 0.4) is 0 Å². The maximum atomic E-state index is 14.2. The number of ether oxygens (including phenoxy) is 1. The number of carboxylic acids is 1. The molecule has 5 nitrogen and oxygen atoms in total. The summed E-state index contributed by atoms with van der Waals surface area (Å²) in [4.78, 5) is 23.3. The Morgan fingerprint density at radius 3 is 2.35 bits per heavy atom. The number of amides is 1.